The van der Waals surface area contributed by atoms with Gasteiger partial charge in [0.15, 0.2) is 0 Å². The van der Waals surface area contributed by atoms with Crippen LogP contribution in [0, 0.1) is 11.8 Å². The van der Waals surface area contributed by atoms with Gasteiger partial charge in [-0.25, -0.2) is 0 Å². The summed E-state index contributed by atoms with van der Waals surface area (Å²) in [7, 11) is 0. The third-order valence-corrected chi connectivity index (χ3v) is 3.10. The lowest BCUT2D eigenvalue weighted by Crippen LogP contribution is -2.19. The summed E-state index contributed by atoms with van der Waals surface area (Å²) >= 11 is 0. The summed E-state index contributed by atoms with van der Waals surface area (Å²) in [6.07, 6.45) is 7.13. The molecule has 1 atom stereocenters. The molecule has 4 nitrogen and oxygen atoms in total. The molecule has 1 unspecified atom stereocenters. The van der Waals surface area contributed by atoms with Crippen molar-refractivity contribution >= 4 is 11.6 Å². The van der Waals surface area contributed by atoms with Crippen molar-refractivity contribution in [2.75, 3.05) is 5.32 Å². The number of rotatable bonds is 5. The summed E-state index contributed by atoms with van der Waals surface area (Å²) in [6, 6.07) is 0. The summed E-state index contributed by atoms with van der Waals surface area (Å²) in [4.78, 5) is 11.6. The van der Waals surface area contributed by atoms with Crippen LogP contribution in [-0.4, -0.2) is 15.7 Å². The lowest BCUT2D eigenvalue weighted by molar-refractivity contribution is -0.119. The van der Waals surface area contributed by atoms with Gasteiger partial charge in [-0.1, -0.05) is 13.8 Å². The third kappa shape index (κ3) is 2.84. The number of anilines is 1. The molecule has 2 rings (SSSR count). The highest BCUT2D eigenvalue weighted by atomic mass is 16.1. The van der Waals surface area contributed by atoms with Crippen molar-refractivity contribution in [3.63, 3.8) is 0 Å². The molecule has 0 radical (unpaired) electrons. The van der Waals surface area contributed by atoms with Gasteiger partial charge in [0.2, 0.25) is 5.91 Å². The van der Waals surface area contributed by atoms with Gasteiger partial charge < -0.3 is 5.32 Å². The Morgan fingerprint density at radius 3 is 3.06 bits per heavy atom. The molecule has 1 amide bonds. The molecule has 1 saturated carbocycles. The first-order chi connectivity index (χ1) is 7.69. The summed E-state index contributed by atoms with van der Waals surface area (Å²) in [5.41, 5.74) is 0.811. The maximum atomic E-state index is 11.6. The normalized spacial score (nSPS) is 17.1. The summed E-state index contributed by atoms with van der Waals surface area (Å²) < 4.78 is 1.92. The van der Waals surface area contributed by atoms with Gasteiger partial charge in [0.05, 0.1) is 11.9 Å². The van der Waals surface area contributed by atoms with E-state index in [-0.39, 0.29) is 11.8 Å². The molecule has 0 spiro atoms. The standard InChI is InChI=1S/C12H19N3O/c1-3-9(2)12(16)14-11-6-13-15(8-11)7-10-4-5-10/h6,8-10H,3-5,7H2,1-2H3,(H,14,16). The van der Waals surface area contributed by atoms with Crippen LogP contribution in [0.15, 0.2) is 12.4 Å². The molecule has 16 heavy (non-hydrogen) atoms. The molecular formula is C12H19N3O. The molecule has 1 aromatic heterocycles. The molecule has 0 aromatic carbocycles. The Morgan fingerprint density at radius 1 is 1.69 bits per heavy atom. The number of nitrogens with one attached hydrogen (secondary N) is 1. The van der Waals surface area contributed by atoms with Crippen molar-refractivity contribution in [2.45, 2.75) is 39.7 Å². The Hall–Kier alpha value is -1.32. The van der Waals surface area contributed by atoms with Crippen molar-refractivity contribution in [1.29, 1.82) is 0 Å². The Bertz CT molecular complexity index is 368. The molecule has 1 heterocycles. The molecule has 0 bridgehead atoms. The minimum Gasteiger partial charge on any atom is -0.323 e. The second-order valence-electron chi connectivity index (χ2n) is 4.69. The molecule has 0 saturated heterocycles. The Morgan fingerprint density at radius 2 is 2.44 bits per heavy atom. The topological polar surface area (TPSA) is 46.9 Å². The van der Waals surface area contributed by atoms with E-state index in [2.05, 4.69) is 10.4 Å². The highest BCUT2D eigenvalue weighted by molar-refractivity contribution is 5.91. The number of hydrogen-bond acceptors (Lipinski definition) is 2. The molecule has 1 N–H and O–H groups in total. The fourth-order valence-corrected chi connectivity index (χ4v) is 1.54. The van der Waals surface area contributed by atoms with Gasteiger partial charge in [-0.15, -0.1) is 0 Å². The van der Waals surface area contributed by atoms with Gasteiger partial charge >= 0.3 is 0 Å². The van der Waals surface area contributed by atoms with Crippen LogP contribution < -0.4 is 5.32 Å². The van der Waals surface area contributed by atoms with E-state index < -0.39 is 0 Å². The van der Waals surface area contributed by atoms with Gasteiger partial charge in [0, 0.05) is 18.7 Å². The summed E-state index contributed by atoms with van der Waals surface area (Å²) in [5.74, 6) is 0.943. The average Bonchev–Trinajstić information content (AvgIpc) is 2.97. The van der Waals surface area contributed by atoms with E-state index >= 15 is 0 Å². The number of carbonyl (C=O) groups is 1. The zero-order valence-electron chi connectivity index (χ0n) is 9.94. The van der Waals surface area contributed by atoms with Crippen molar-refractivity contribution < 1.29 is 4.79 Å². The molecule has 0 aliphatic heterocycles. The van der Waals surface area contributed by atoms with Gasteiger partial charge in [0.1, 0.15) is 0 Å². The van der Waals surface area contributed by atoms with E-state index in [0.717, 1.165) is 24.6 Å². The van der Waals surface area contributed by atoms with Crippen LogP contribution >= 0.6 is 0 Å². The quantitative estimate of drug-likeness (QED) is 0.829. The Labute approximate surface area is 96.0 Å². The summed E-state index contributed by atoms with van der Waals surface area (Å²) in [5, 5.41) is 7.12. The first-order valence-corrected chi connectivity index (χ1v) is 6.02. The molecular weight excluding hydrogens is 202 g/mol. The number of aromatic nitrogens is 2. The number of nitrogens with zero attached hydrogens (tertiary/aromatic N) is 2. The number of amides is 1. The molecule has 1 aliphatic rings. The van der Waals surface area contributed by atoms with Gasteiger partial charge in [-0.2, -0.15) is 5.10 Å². The van der Waals surface area contributed by atoms with E-state index in [1.165, 1.54) is 12.8 Å². The smallest absolute Gasteiger partial charge is 0.227 e. The number of hydrogen-bond donors (Lipinski definition) is 1. The second-order valence-corrected chi connectivity index (χ2v) is 4.69. The minimum atomic E-state index is 0.0618. The van der Waals surface area contributed by atoms with Crippen LogP contribution in [0.1, 0.15) is 33.1 Å². The van der Waals surface area contributed by atoms with Gasteiger partial charge in [-0.05, 0) is 25.2 Å². The van der Waals surface area contributed by atoms with Crippen LogP contribution in [0.5, 0.6) is 0 Å². The monoisotopic (exact) mass is 221 g/mol. The lowest BCUT2D eigenvalue weighted by atomic mass is 10.1. The maximum Gasteiger partial charge on any atom is 0.227 e. The molecule has 88 valence electrons. The van der Waals surface area contributed by atoms with E-state index in [1.54, 1.807) is 6.20 Å². The van der Waals surface area contributed by atoms with Crippen molar-refractivity contribution in [3.8, 4) is 0 Å². The maximum absolute atomic E-state index is 11.6. The fraction of sp³-hybridized carbons (Fsp3) is 0.667. The van der Waals surface area contributed by atoms with Crippen LogP contribution in [0.4, 0.5) is 5.69 Å². The van der Waals surface area contributed by atoms with Crippen LogP contribution in [0.2, 0.25) is 0 Å². The van der Waals surface area contributed by atoms with E-state index in [0.29, 0.717) is 0 Å². The predicted octanol–water partition coefficient (Wildman–Crippen LogP) is 2.28. The molecule has 1 aliphatic carbocycles. The third-order valence-electron chi connectivity index (χ3n) is 3.10. The average molecular weight is 221 g/mol. The van der Waals surface area contributed by atoms with Crippen molar-refractivity contribution in [2.24, 2.45) is 11.8 Å². The Balaban J connectivity index is 1.88. The van der Waals surface area contributed by atoms with E-state index in [1.807, 2.05) is 24.7 Å². The molecule has 4 heteroatoms. The first-order valence-electron chi connectivity index (χ1n) is 6.02. The fourth-order valence-electron chi connectivity index (χ4n) is 1.54. The van der Waals surface area contributed by atoms with Crippen molar-refractivity contribution in [3.05, 3.63) is 12.4 Å². The molecule has 1 fully saturated rings. The van der Waals surface area contributed by atoms with Gasteiger partial charge in [0.25, 0.3) is 0 Å². The van der Waals surface area contributed by atoms with Crippen LogP contribution in [0.3, 0.4) is 0 Å². The van der Waals surface area contributed by atoms with E-state index in [4.69, 9.17) is 0 Å². The Kier molecular flexibility index (Phi) is 3.27. The van der Waals surface area contributed by atoms with Crippen LogP contribution in [-0.2, 0) is 11.3 Å². The van der Waals surface area contributed by atoms with Gasteiger partial charge in [-0.3, -0.25) is 9.48 Å². The molecule has 1 aromatic rings. The largest absolute Gasteiger partial charge is 0.323 e. The first kappa shape index (κ1) is 11.2. The predicted molar refractivity (Wildman–Crippen MR) is 63.0 cm³/mol. The second kappa shape index (κ2) is 4.68. The van der Waals surface area contributed by atoms with Crippen LogP contribution in [0.25, 0.3) is 0 Å². The zero-order chi connectivity index (χ0) is 11.5. The highest BCUT2D eigenvalue weighted by Gasteiger charge is 2.22. The highest BCUT2D eigenvalue weighted by Crippen LogP contribution is 2.30. The SMILES string of the molecule is CCC(C)C(=O)Nc1cnn(CC2CC2)c1. The lowest BCUT2D eigenvalue weighted by Gasteiger charge is -2.07. The zero-order valence-corrected chi connectivity index (χ0v) is 9.94. The summed E-state index contributed by atoms with van der Waals surface area (Å²) in [6.45, 7) is 4.93. The van der Waals surface area contributed by atoms with Crippen molar-refractivity contribution in [1.82, 2.24) is 9.78 Å². The number of carbonyl (C=O) groups excluding carboxylic acids is 1. The minimum absolute atomic E-state index is 0.0618. The van der Waals surface area contributed by atoms with E-state index in [9.17, 15) is 4.79 Å².